The molecule has 0 unspecified atom stereocenters. The summed E-state index contributed by atoms with van der Waals surface area (Å²) in [7, 11) is 1.29. The lowest BCUT2D eigenvalue weighted by atomic mass is 9.77. The Kier molecular flexibility index (Phi) is 7.02. The summed E-state index contributed by atoms with van der Waals surface area (Å²) in [5.74, 6) is 0.00904. The van der Waals surface area contributed by atoms with Crippen molar-refractivity contribution < 1.29 is 27.5 Å². The highest BCUT2D eigenvalue weighted by molar-refractivity contribution is 5.84. The Hall–Kier alpha value is -2.84. The molecule has 6 nitrogen and oxygen atoms in total. The predicted octanol–water partition coefficient (Wildman–Crippen LogP) is 4.44. The van der Waals surface area contributed by atoms with Crippen LogP contribution in [-0.2, 0) is 20.5 Å². The topological polar surface area (TPSA) is 84.1 Å². The van der Waals surface area contributed by atoms with Crippen LogP contribution in [0.3, 0.4) is 0 Å². The number of carbonyl (C=O) groups excluding carboxylic acids is 2. The second-order valence-corrected chi connectivity index (χ2v) is 8.02. The van der Waals surface area contributed by atoms with E-state index in [0.29, 0.717) is 23.6 Å². The molecule has 1 aromatic heterocycles. The van der Waals surface area contributed by atoms with Crippen LogP contribution in [0, 0.1) is 5.92 Å². The number of methoxy groups -OCH3 is 1. The van der Waals surface area contributed by atoms with Gasteiger partial charge in [0.25, 0.3) is 0 Å². The molecule has 0 aliphatic heterocycles. The fraction of sp³-hybridized carbons (Fsp3) is 0.500. The molecule has 1 atom stereocenters. The fourth-order valence-corrected chi connectivity index (χ4v) is 4.05. The summed E-state index contributed by atoms with van der Waals surface area (Å²) in [6.07, 6.45) is -0.405. The fourth-order valence-electron chi connectivity index (χ4n) is 4.05. The molecule has 0 saturated heterocycles. The molecule has 168 valence electrons. The third-order valence-electron chi connectivity index (χ3n) is 5.81. The SMILES string of the molecule is COC(=O)[C@H](C)NC(=O)CC1CCC(c2ccc(-c3cc(C(F)(F)F)n[nH]3)cc2)CC1. The summed E-state index contributed by atoms with van der Waals surface area (Å²) in [5.41, 5.74) is 1.18. The zero-order chi connectivity index (χ0) is 22.6. The number of halogens is 3. The number of hydrogen-bond acceptors (Lipinski definition) is 4. The van der Waals surface area contributed by atoms with Crippen molar-refractivity contribution in [2.75, 3.05) is 7.11 Å². The van der Waals surface area contributed by atoms with E-state index in [4.69, 9.17) is 0 Å². The van der Waals surface area contributed by atoms with Crippen LogP contribution in [0.4, 0.5) is 13.2 Å². The standard InChI is InChI=1S/C22H26F3N3O3/c1-13(21(30)31-2)26-20(29)11-14-3-5-15(6-4-14)16-7-9-17(10-8-16)18-12-19(28-27-18)22(23,24)25/h7-10,12-15H,3-6,11H2,1-2H3,(H,26,29)(H,27,28)/t13-,14?,15?/m0/s1. The molecule has 1 aliphatic carbocycles. The molecule has 1 aromatic carbocycles. The number of benzene rings is 1. The van der Waals surface area contributed by atoms with Crippen LogP contribution in [-0.4, -0.2) is 35.2 Å². The number of alkyl halides is 3. The van der Waals surface area contributed by atoms with Gasteiger partial charge >= 0.3 is 12.1 Å². The van der Waals surface area contributed by atoms with E-state index in [2.05, 4.69) is 20.3 Å². The van der Waals surface area contributed by atoms with Crippen molar-refractivity contribution in [2.24, 2.45) is 5.92 Å². The Labute approximate surface area is 178 Å². The molecule has 9 heteroatoms. The number of hydrogen-bond donors (Lipinski definition) is 2. The van der Waals surface area contributed by atoms with Crippen LogP contribution in [0.15, 0.2) is 30.3 Å². The van der Waals surface area contributed by atoms with Gasteiger partial charge in [-0.05, 0) is 61.6 Å². The first-order chi connectivity index (χ1) is 14.7. The van der Waals surface area contributed by atoms with Crippen LogP contribution < -0.4 is 5.32 Å². The van der Waals surface area contributed by atoms with Crippen molar-refractivity contribution in [1.82, 2.24) is 15.5 Å². The van der Waals surface area contributed by atoms with Gasteiger partial charge in [0.1, 0.15) is 6.04 Å². The smallest absolute Gasteiger partial charge is 0.435 e. The van der Waals surface area contributed by atoms with Crippen LogP contribution in [0.25, 0.3) is 11.3 Å². The van der Waals surface area contributed by atoms with Gasteiger partial charge in [-0.25, -0.2) is 4.79 Å². The largest absolute Gasteiger partial charge is 0.467 e. The molecule has 31 heavy (non-hydrogen) atoms. The highest BCUT2D eigenvalue weighted by Gasteiger charge is 2.34. The van der Waals surface area contributed by atoms with Gasteiger partial charge in [-0.3, -0.25) is 9.89 Å². The van der Waals surface area contributed by atoms with Gasteiger partial charge in [0.2, 0.25) is 5.91 Å². The molecule has 1 saturated carbocycles. The maximum atomic E-state index is 12.7. The number of aromatic nitrogens is 2. The number of nitrogens with one attached hydrogen (secondary N) is 2. The van der Waals surface area contributed by atoms with Crippen molar-refractivity contribution >= 4 is 11.9 Å². The maximum absolute atomic E-state index is 12.7. The number of amides is 1. The van der Waals surface area contributed by atoms with E-state index in [1.165, 1.54) is 7.11 Å². The zero-order valence-corrected chi connectivity index (χ0v) is 17.5. The van der Waals surface area contributed by atoms with E-state index in [1.54, 1.807) is 19.1 Å². The monoisotopic (exact) mass is 437 g/mol. The summed E-state index contributed by atoms with van der Waals surface area (Å²) in [6, 6.07) is 7.84. The summed E-state index contributed by atoms with van der Waals surface area (Å²) >= 11 is 0. The third kappa shape index (κ3) is 5.86. The molecule has 1 amide bonds. The Bertz CT molecular complexity index is 901. The highest BCUT2D eigenvalue weighted by Crippen LogP contribution is 2.38. The summed E-state index contributed by atoms with van der Waals surface area (Å²) in [6.45, 7) is 1.59. The molecule has 1 heterocycles. The Morgan fingerprint density at radius 2 is 1.84 bits per heavy atom. The number of H-pyrrole nitrogens is 1. The van der Waals surface area contributed by atoms with E-state index in [-0.39, 0.29) is 11.8 Å². The predicted molar refractivity (Wildman–Crippen MR) is 108 cm³/mol. The van der Waals surface area contributed by atoms with Crippen LogP contribution in [0.1, 0.15) is 56.2 Å². The van der Waals surface area contributed by atoms with E-state index >= 15 is 0 Å². The minimum Gasteiger partial charge on any atom is -0.467 e. The molecule has 1 fully saturated rings. The normalized spacial score (nSPS) is 20.2. The van der Waals surface area contributed by atoms with Gasteiger partial charge in [-0.1, -0.05) is 24.3 Å². The van der Waals surface area contributed by atoms with E-state index in [0.717, 1.165) is 37.3 Å². The molecule has 0 bridgehead atoms. The number of esters is 1. The van der Waals surface area contributed by atoms with E-state index in [9.17, 15) is 22.8 Å². The molecule has 1 aliphatic rings. The summed E-state index contributed by atoms with van der Waals surface area (Å²) < 4.78 is 42.8. The third-order valence-corrected chi connectivity index (χ3v) is 5.81. The van der Waals surface area contributed by atoms with Gasteiger partial charge in [0.05, 0.1) is 12.8 Å². The van der Waals surface area contributed by atoms with Crippen molar-refractivity contribution in [3.8, 4) is 11.3 Å². The second kappa shape index (κ2) is 9.53. The quantitative estimate of drug-likeness (QED) is 0.655. The first kappa shape index (κ1) is 22.8. The van der Waals surface area contributed by atoms with Crippen molar-refractivity contribution in [3.63, 3.8) is 0 Å². The Balaban J connectivity index is 1.51. The molecule has 0 radical (unpaired) electrons. The number of rotatable bonds is 6. The minimum atomic E-state index is -4.47. The molecule has 2 N–H and O–H groups in total. The summed E-state index contributed by atoms with van der Waals surface area (Å²) in [4.78, 5) is 23.5. The summed E-state index contributed by atoms with van der Waals surface area (Å²) in [5, 5.41) is 8.43. The number of carbonyl (C=O) groups is 2. The molecule has 3 rings (SSSR count). The average Bonchev–Trinajstić information content (AvgIpc) is 3.24. The Morgan fingerprint density at radius 1 is 1.19 bits per heavy atom. The number of nitrogens with zero attached hydrogens (tertiary/aromatic N) is 1. The first-order valence-electron chi connectivity index (χ1n) is 10.3. The highest BCUT2D eigenvalue weighted by atomic mass is 19.4. The lowest BCUT2D eigenvalue weighted by molar-refractivity contribution is -0.144. The number of ether oxygens (including phenoxy) is 1. The number of aromatic amines is 1. The Morgan fingerprint density at radius 3 is 2.39 bits per heavy atom. The lowest BCUT2D eigenvalue weighted by Crippen LogP contribution is -2.40. The lowest BCUT2D eigenvalue weighted by Gasteiger charge is -2.28. The van der Waals surface area contributed by atoms with Crippen molar-refractivity contribution in [3.05, 3.63) is 41.6 Å². The van der Waals surface area contributed by atoms with Gasteiger partial charge in [-0.2, -0.15) is 18.3 Å². The minimum absolute atomic E-state index is 0.150. The van der Waals surface area contributed by atoms with Crippen molar-refractivity contribution in [1.29, 1.82) is 0 Å². The molecular formula is C22H26F3N3O3. The van der Waals surface area contributed by atoms with Gasteiger partial charge in [-0.15, -0.1) is 0 Å². The van der Waals surface area contributed by atoms with Crippen molar-refractivity contribution in [2.45, 2.75) is 57.2 Å². The van der Waals surface area contributed by atoms with Crippen LogP contribution in [0.2, 0.25) is 0 Å². The first-order valence-corrected chi connectivity index (χ1v) is 10.3. The van der Waals surface area contributed by atoms with Gasteiger partial charge < -0.3 is 10.1 Å². The second-order valence-electron chi connectivity index (χ2n) is 8.02. The molecule has 2 aromatic rings. The van der Waals surface area contributed by atoms with E-state index in [1.807, 2.05) is 12.1 Å². The van der Waals surface area contributed by atoms with E-state index < -0.39 is 23.9 Å². The molecule has 0 spiro atoms. The van der Waals surface area contributed by atoms with Crippen LogP contribution in [0.5, 0.6) is 0 Å². The van der Waals surface area contributed by atoms with Crippen LogP contribution >= 0.6 is 0 Å². The zero-order valence-electron chi connectivity index (χ0n) is 17.5. The molecular weight excluding hydrogens is 411 g/mol. The van der Waals surface area contributed by atoms with Gasteiger partial charge in [0, 0.05) is 6.42 Å². The maximum Gasteiger partial charge on any atom is 0.435 e. The van der Waals surface area contributed by atoms with Gasteiger partial charge in [0.15, 0.2) is 5.69 Å². The average molecular weight is 437 g/mol.